The number of para-hydroxylation sites is 1. The number of nitrogens with one attached hydrogen (secondary N) is 1. The van der Waals surface area contributed by atoms with Crippen molar-refractivity contribution >= 4 is 5.91 Å². The van der Waals surface area contributed by atoms with Crippen LogP contribution in [-0.4, -0.2) is 28.3 Å². The number of aromatic nitrogens is 2. The molecule has 1 aromatic heterocycles. The van der Waals surface area contributed by atoms with Crippen molar-refractivity contribution in [2.45, 2.75) is 25.1 Å². The first-order chi connectivity index (χ1) is 11.8. The van der Waals surface area contributed by atoms with Gasteiger partial charge in [0.15, 0.2) is 5.69 Å². The molecule has 0 saturated heterocycles. The molecule has 1 unspecified atom stereocenters. The molecule has 1 aliphatic rings. The fourth-order valence-electron chi connectivity index (χ4n) is 2.71. The van der Waals surface area contributed by atoms with E-state index in [1.165, 1.54) is 12.1 Å². The van der Waals surface area contributed by atoms with E-state index in [1.807, 2.05) is 0 Å². The third-order valence-corrected chi connectivity index (χ3v) is 4.12. The van der Waals surface area contributed by atoms with Gasteiger partial charge in [-0.1, -0.05) is 12.1 Å². The molecule has 3 N–H and O–H groups in total. The highest BCUT2D eigenvalue weighted by atomic mass is 19.4. The van der Waals surface area contributed by atoms with Crippen LogP contribution in [0, 0.1) is 11.7 Å². The molecule has 0 spiro atoms. The van der Waals surface area contributed by atoms with E-state index in [0.717, 1.165) is 31.2 Å². The first kappa shape index (κ1) is 17.4. The van der Waals surface area contributed by atoms with Gasteiger partial charge in [-0.15, -0.1) is 0 Å². The van der Waals surface area contributed by atoms with Crippen LogP contribution in [0.25, 0.3) is 5.69 Å². The predicted molar refractivity (Wildman–Crippen MR) is 81.6 cm³/mol. The summed E-state index contributed by atoms with van der Waals surface area (Å²) in [4.78, 5) is 12.3. The molecule has 1 aliphatic carbocycles. The van der Waals surface area contributed by atoms with Gasteiger partial charge in [-0.05, 0) is 30.9 Å². The molecule has 1 amide bonds. The van der Waals surface area contributed by atoms with E-state index in [0.29, 0.717) is 4.68 Å². The Morgan fingerprint density at radius 2 is 2.04 bits per heavy atom. The van der Waals surface area contributed by atoms with Gasteiger partial charge >= 0.3 is 6.18 Å². The number of benzene rings is 1. The van der Waals surface area contributed by atoms with Gasteiger partial charge in [0.2, 0.25) is 0 Å². The second-order valence-electron chi connectivity index (χ2n) is 5.92. The molecule has 1 heterocycles. The molecule has 1 aromatic carbocycles. The molecule has 9 heteroatoms. The van der Waals surface area contributed by atoms with Gasteiger partial charge in [-0.2, -0.15) is 18.3 Å². The van der Waals surface area contributed by atoms with Gasteiger partial charge < -0.3 is 11.1 Å². The summed E-state index contributed by atoms with van der Waals surface area (Å²) in [6, 6.07) is 4.54. The fraction of sp³-hybridized carbons (Fsp3) is 0.375. The Morgan fingerprint density at radius 3 is 2.60 bits per heavy atom. The lowest BCUT2D eigenvalue weighted by molar-refractivity contribution is -0.143. The molecule has 134 valence electrons. The Bertz CT molecular complexity index is 783. The van der Waals surface area contributed by atoms with Crippen LogP contribution in [0.3, 0.4) is 0 Å². The molecular weight excluding hydrogens is 340 g/mol. The second kappa shape index (κ2) is 6.47. The fourth-order valence-corrected chi connectivity index (χ4v) is 2.71. The third-order valence-electron chi connectivity index (χ3n) is 4.12. The Labute approximate surface area is 140 Å². The van der Waals surface area contributed by atoms with E-state index < -0.39 is 29.2 Å². The van der Waals surface area contributed by atoms with Crippen LogP contribution >= 0.6 is 0 Å². The zero-order valence-corrected chi connectivity index (χ0v) is 13.1. The van der Waals surface area contributed by atoms with E-state index in [1.54, 1.807) is 0 Å². The molecule has 0 aliphatic heterocycles. The summed E-state index contributed by atoms with van der Waals surface area (Å²) in [6.07, 6.45) is -2.33. The number of amides is 1. The molecule has 3 rings (SSSR count). The molecule has 0 bridgehead atoms. The predicted octanol–water partition coefficient (Wildman–Crippen LogP) is 2.50. The van der Waals surface area contributed by atoms with Crippen molar-refractivity contribution in [3.05, 3.63) is 47.5 Å². The van der Waals surface area contributed by atoms with Gasteiger partial charge in [-0.3, -0.25) is 4.79 Å². The molecule has 2 aromatic rings. The second-order valence-corrected chi connectivity index (χ2v) is 5.92. The number of nitrogens with zero attached hydrogens (tertiary/aromatic N) is 2. The van der Waals surface area contributed by atoms with Crippen molar-refractivity contribution < 1.29 is 22.4 Å². The van der Waals surface area contributed by atoms with Gasteiger partial charge in [-0.25, -0.2) is 9.07 Å². The summed E-state index contributed by atoms with van der Waals surface area (Å²) in [7, 11) is 0. The number of rotatable bonds is 5. The van der Waals surface area contributed by atoms with E-state index in [4.69, 9.17) is 5.73 Å². The minimum Gasteiger partial charge on any atom is -0.348 e. The SMILES string of the molecule is NCC(NC(=O)c1cnn(-c2ccccc2F)c1C(F)(F)F)C1CC1. The first-order valence-corrected chi connectivity index (χ1v) is 7.74. The van der Waals surface area contributed by atoms with Crippen LogP contribution in [0.15, 0.2) is 30.5 Å². The largest absolute Gasteiger partial charge is 0.434 e. The van der Waals surface area contributed by atoms with E-state index >= 15 is 0 Å². The van der Waals surface area contributed by atoms with Crippen molar-refractivity contribution in [1.82, 2.24) is 15.1 Å². The maximum Gasteiger partial charge on any atom is 0.434 e. The number of nitrogens with two attached hydrogens (primary N) is 1. The average molecular weight is 356 g/mol. The summed E-state index contributed by atoms with van der Waals surface area (Å²) in [5.41, 5.74) is 3.21. The number of carbonyl (C=O) groups excluding carboxylic acids is 1. The zero-order valence-electron chi connectivity index (χ0n) is 13.1. The molecule has 1 fully saturated rings. The molecule has 5 nitrogen and oxygen atoms in total. The summed E-state index contributed by atoms with van der Waals surface area (Å²) >= 11 is 0. The average Bonchev–Trinajstić information content (AvgIpc) is 3.29. The van der Waals surface area contributed by atoms with E-state index in [2.05, 4.69) is 10.4 Å². The third kappa shape index (κ3) is 3.51. The lowest BCUT2D eigenvalue weighted by atomic mass is 10.1. The summed E-state index contributed by atoms with van der Waals surface area (Å²) in [5.74, 6) is -1.61. The van der Waals surface area contributed by atoms with Crippen LogP contribution in [0.4, 0.5) is 17.6 Å². The van der Waals surface area contributed by atoms with E-state index in [-0.39, 0.29) is 24.2 Å². The summed E-state index contributed by atoms with van der Waals surface area (Å²) in [6.45, 7) is 0.138. The molecule has 1 atom stereocenters. The van der Waals surface area contributed by atoms with Crippen LogP contribution in [0.2, 0.25) is 0 Å². The highest BCUT2D eigenvalue weighted by Gasteiger charge is 2.42. The quantitative estimate of drug-likeness (QED) is 0.809. The van der Waals surface area contributed by atoms with Crippen molar-refractivity contribution in [2.75, 3.05) is 6.54 Å². The minimum atomic E-state index is -4.89. The Morgan fingerprint density at radius 1 is 1.36 bits per heavy atom. The molecule has 1 saturated carbocycles. The van der Waals surface area contributed by atoms with Crippen molar-refractivity contribution in [3.63, 3.8) is 0 Å². The highest BCUT2D eigenvalue weighted by Crippen LogP contribution is 2.35. The van der Waals surface area contributed by atoms with Gasteiger partial charge in [0.25, 0.3) is 5.91 Å². The number of halogens is 4. The number of hydrogen-bond acceptors (Lipinski definition) is 3. The van der Waals surface area contributed by atoms with Crippen LogP contribution < -0.4 is 11.1 Å². The standard InChI is InChI=1S/C16H16F4N4O/c17-11-3-1-2-4-13(11)24-14(16(18,19)20)10(8-22-24)15(25)23-12(7-21)9-5-6-9/h1-4,8-9,12H,5-7,21H2,(H,23,25). The normalized spacial score (nSPS) is 15.9. The summed E-state index contributed by atoms with van der Waals surface area (Å²) < 4.78 is 54.9. The Balaban J connectivity index is 2.00. The van der Waals surface area contributed by atoms with Gasteiger partial charge in [0.05, 0.1) is 11.8 Å². The number of alkyl halides is 3. The summed E-state index contributed by atoms with van der Waals surface area (Å²) in [5, 5.41) is 6.12. The Hall–Kier alpha value is -2.42. The number of hydrogen-bond donors (Lipinski definition) is 2. The lowest BCUT2D eigenvalue weighted by Gasteiger charge is -2.17. The Kier molecular flexibility index (Phi) is 4.51. The van der Waals surface area contributed by atoms with Gasteiger partial charge in [0.1, 0.15) is 11.5 Å². The molecule has 25 heavy (non-hydrogen) atoms. The zero-order chi connectivity index (χ0) is 18.2. The van der Waals surface area contributed by atoms with Crippen molar-refractivity contribution in [1.29, 1.82) is 0 Å². The molecular formula is C16H16F4N4O. The van der Waals surface area contributed by atoms with Crippen molar-refractivity contribution in [3.8, 4) is 5.69 Å². The van der Waals surface area contributed by atoms with Crippen LogP contribution in [0.5, 0.6) is 0 Å². The maximum atomic E-state index is 13.9. The van der Waals surface area contributed by atoms with Gasteiger partial charge in [0, 0.05) is 12.6 Å². The number of carbonyl (C=O) groups is 1. The molecule has 0 radical (unpaired) electrons. The topological polar surface area (TPSA) is 72.9 Å². The van der Waals surface area contributed by atoms with Crippen LogP contribution in [-0.2, 0) is 6.18 Å². The van der Waals surface area contributed by atoms with E-state index in [9.17, 15) is 22.4 Å². The highest BCUT2D eigenvalue weighted by molar-refractivity contribution is 5.95. The first-order valence-electron chi connectivity index (χ1n) is 7.74. The lowest BCUT2D eigenvalue weighted by Crippen LogP contribution is -2.42. The van der Waals surface area contributed by atoms with Crippen LogP contribution in [0.1, 0.15) is 28.9 Å². The minimum absolute atomic E-state index is 0.138. The monoisotopic (exact) mass is 356 g/mol. The smallest absolute Gasteiger partial charge is 0.348 e. The van der Waals surface area contributed by atoms with Crippen molar-refractivity contribution in [2.24, 2.45) is 11.7 Å². The maximum absolute atomic E-state index is 13.9.